The van der Waals surface area contributed by atoms with Gasteiger partial charge in [0.05, 0.1) is 11.3 Å². The van der Waals surface area contributed by atoms with Gasteiger partial charge in [-0.3, -0.25) is 0 Å². The van der Waals surface area contributed by atoms with Gasteiger partial charge in [0.2, 0.25) is 0 Å². The van der Waals surface area contributed by atoms with E-state index in [1.807, 2.05) is 6.07 Å². The maximum atomic E-state index is 12.6. The molecular weight excluding hydrogens is 290 g/mol. The van der Waals surface area contributed by atoms with Crippen molar-refractivity contribution in [1.82, 2.24) is 0 Å². The van der Waals surface area contributed by atoms with Crippen molar-refractivity contribution < 1.29 is 9.53 Å². The Labute approximate surface area is 137 Å². The van der Waals surface area contributed by atoms with Crippen molar-refractivity contribution in [3.63, 3.8) is 0 Å². The number of aryl methyl sites for hydroxylation is 1. The summed E-state index contributed by atoms with van der Waals surface area (Å²) in [5, 5.41) is 0. The molecule has 124 valence electrons. The second kappa shape index (κ2) is 7.02. The lowest BCUT2D eigenvalue weighted by Crippen LogP contribution is -2.25. The van der Waals surface area contributed by atoms with Crippen molar-refractivity contribution in [3.05, 3.63) is 29.3 Å². The summed E-state index contributed by atoms with van der Waals surface area (Å²) in [6.07, 6.45) is 8.95. The Balaban J connectivity index is 1.88. The number of fused-ring (bicyclic) bond motifs is 2. The van der Waals surface area contributed by atoms with Crippen LogP contribution >= 0.6 is 0 Å². The molecule has 1 aliphatic heterocycles. The lowest BCUT2D eigenvalue weighted by Gasteiger charge is -2.24. The molecule has 1 aromatic rings. The van der Waals surface area contributed by atoms with Crippen LogP contribution in [0.2, 0.25) is 0 Å². The van der Waals surface area contributed by atoms with Gasteiger partial charge in [0, 0.05) is 0 Å². The van der Waals surface area contributed by atoms with E-state index in [2.05, 4.69) is 4.99 Å². The molecule has 2 atom stereocenters. The Bertz CT molecular complexity index is 608. The summed E-state index contributed by atoms with van der Waals surface area (Å²) in [6, 6.07) is 5.45. The summed E-state index contributed by atoms with van der Waals surface area (Å²) in [7, 11) is 0. The highest BCUT2D eigenvalue weighted by Gasteiger charge is 2.29. The third kappa shape index (κ3) is 3.84. The Morgan fingerprint density at radius 3 is 2.70 bits per heavy atom. The van der Waals surface area contributed by atoms with Crippen molar-refractivity contribution in [2.24, 2.45) is 22.4 Å². The lowest BCUT2D eigenvalue weighted by molar-refractivity contribution is 0.0107. The SMILES string of the molecule is NC(N)=Nc1ccc2c(c1)CCCC1CCCCCC1OC2=O. The minimum absolute atomic E-state index is 0.0258. The quantitative estimate of drug-likeness (QED) is 0.473. The molecular formula is C18H25N3O2. The van der Waals surface area contributed by atoms with Gasteiger partial charge < -0.3 is 16.2 Å². The van der Waals surface area contributed by atoms with Gasteiger partial charge in [-0.05, 0) is 68.2 Å². The standard InChI is InChI=1S/C18H25N3O2/c19-18(20)21-14-9-10-15-13(11-14)7-4-6-12-5-2-1-3-8-16(12)23-17(15)22/h9-12,16H,1-8H2,(H4,19,20,21). The van der Waals surface area contributed by atoms with E-state index in [0.29, 0.717) is 17.2 Å². The van der Waals surface area contributed by atoms with Crippen LogP contribution in [0, 0.1) is 5.92 Å². The number of nitrogens with zero attached hydrogens (tertiary/aromatic N) is 1. The van der Waals surface area contributed by atoms with Gasteiger partial charge in [-0.2, -0.15) is 0 Å². The smallest absolute Gasteiger partial charge is 0.338 e. The largest absolute Gasteiger partial charge is 0.458 e. The molecule has 5 nitrogen and oxygen atoms in total. The molecule has 1 heterocycles. The molecule has 5 heteroatoms. The number of hydrogen-bond donors (Lipinski definition) is 2. The molecule has 1 aromatic carbocycles. The zero-order chi connectivity index (χ0) is 16.2. The molecule has 23 heavy (non-hydrogen) atoms. The fourth-order valence-corrected chi connectivity index (χ4v) is 3.80. The van der Waals surface area contributed by atoms with Crippen LogP contribution in [-0.2, 0) is 11.2 Å². The Morgan fingerprint density at radius 2 is 1.87 bits per heavy atom. The van der Waals surface area contributed by atoms with E-state index in [1.165, 1.54) is 19.3 Å². The number of benzene rings is 1. The van der Waals surface area contributed by atoms with Crippen molar-refractivity contribution in [2.75, 3.05) is 0 Å². The minimum Gasteiger partial charge on any atom is -0.458 e. The van der Waals surface area contributed by atoms with Gasteiger partial charge in [0.25, 0.3) is 0 Å². The van der Waals surface area contributed by atoms with Crippen molar-refractivity contribution >= 4 is 17.6 Å². The van der Waals surface area contributed by atoms with Gasteiger partial charge in [-0.1, -0.05) is 12.8 Å². The number of carbonyl (C=O) groups is 1. The van der Waals surface area contributed by atoms with Gasteiger partial charge in [0.1, 0.15) is 6.10 Å². The molecule has 3 rings (SSSR count). The summed E-state index contributed by atoms with van der Waals surface area (Å²) in [4.78, 5) is 16.7. The highest BCUT2D eigenvalue weighted by Crippen LogP contribution is 2.33. The molecule has 1 saturated carbocycles. The fraction of sp³-hybridized carbons (Fsp3) is 0.556. The number of guanidine groups is 1. The molecule has 0 radical (unpaired) electrons. The molecule has 0 bridgehead atoms. The van der Waals surface area contributed by atoms with E-state index in [-0.39, 0.29) is 18.0 Å². The summed E-state index contributed by atoms with van der Waals surface area (Å²) >= 11 is 0. The first-order valence-electron chi connectivity index (χ1n) is 8.57. The summed E-state index contributed by atoms with van der Waals surface area (Å²) in [5.41, 5.74) is 13.2. The highest BCUT2D eigenvalue weighted by molar-refractivity contribution is 5.92. The van der Waals surface area contributed by atoms with E-state index < -0.39 is 0 Å². The lowest BCUT2D eigenvalue weighted by atomic mass is 9.91. The zero-order valence-corrected chi connectivity index (χ0v) is 13.5. The number of nitrogens with two attached hydrogens (primary N) is 2. The van der Waals surface area contributed by atoms with Crippen molar-refractivity contribution in [3.8, 4) is 0 Å². The fourth-order valence-electron chi connectivity index (χ4n) is 3.80. The van der Waals surface area contributed by atoms with Gasteiger partial charge in [-0.25, -0.2) is 9.79 Å². The van der Waals surface area contributed by atoms with Crippen LogP contribution in [0.5, 0.6) is 0 Å². The minimum atomic E-state index is -0.199. The first-order chi connectivity index (χ1) is 11.1. The number of esters is 1. The average molecular weight is 315 g/mol. The Morgan fingerprint density at radius 1 is 1.09 bits per heavy atom. The van der Waals surface area contributed by atoms with Crippen LogP contribution in [0.4, 0.5) is 5.69 Å². The van der Waals surface area contributed by atoms with Crippen LogP contribution in [0.3, 0.4) is 0 Å². The summed E-state index contributed by atoms with van der Waals surface area (Å²) < 4.78 is 5.88. The number of hydrogen-bond acceptors (Lipinski definition) is 3. The summed E-state index contributed by atoms with van der Waals surface area (Å²) in [5.74, 6) is 0.334. The number of ether oxygens (including phenoxy) is 1. The van der Waals surface area contributed by atoms with E-state index in [4.69, 9.17) is 16.2 Å². The number of aliphatic imine (C=N–C) groups is 1. The maximum absolute atomic E-state index is 12.6. The molecule has 1 aliphatic carbocycles. The first kappa shape index (κ1) is 15.8. The molecule has 0 saturated heterocycles. The Hall–Kier alpha value is -2.04. The summed E-state index contributed by atoms with van der Waals surface area (Å²) in [6.45, 7) is 0. The zero-order valence-electron chi connectivity index (χ0n) is 13.5. The monoisotopic (exact) mass is 315 g/mol. The van der Waals surface area contributed by atoms with E-state index in [9.17, 15) is 4.79 Å². The molecule has 2 aliphatic rings. The third-order valence-corrected chi connectivity index (χ3v) is 4.94. The molecule has 0 spiro atoms. The van der Waals surface area contributed by atoms with E-state index in [0.717, 1.165) is 37.7 Å². The van der Waals surface area contributed by atoms with Gasteiger partial charge >= 0.3 is 5.97 Å². The highest BCUT2D eigenvalue weighted by atomic mass is 16.5. The molecule has 0 aromatic heterocycles. The van der Waals surface area contributed by atoms with Crippen LogP contribution in [0.25, 0.3) is 0 Å². The molecule has 4 N–H and O–H groups in total. The van der Waals surface area contributed by atoms with Crippen LogP contribution < -0.4 is 11.5 Å². The predicted molar refractivity (Wildman–Crippen MR) is 90.6 cm³/mol. The average Bonchev–Trinajstić information content (AvgIpc) is 2.69. The number of carbonyl (C=O) groups excluding carboxylic acids is 1. The predicted octanol–water partition coefficient (Wildman–Crippen LogP) is 3.03. The van der Waals surface area contributed by atoms with Crippen molar-refractivity contribution in [1.29, 1.82) is 0 Å². The van der Waals surface area contributed by atoms with E-state index >= 15 is 0 Å². The van der Waals surface area contributed by atoms with Crippen molar-refractivity contribution in [2.45, 2.75) is 57.5 Å². The van der Waals surface area contributed by atoms with Crippen LogP contribution in [-0.4, -0.2) is 18.0 Å². The van der Waals surface area contributed by atoms with E-state index in [1.54, 1.807) is 12.1 Å². The second-order valence-corrected chi connectivity index (χ2v) is 6.61. The molecule has 2 unspecified atom stereocenters. The molecule has 0 amide bonds. The van der Waals surface area contributed by atoms with Crippen LogP contribution in [0.1, 0.15) is 60.9 Å². The molecule has 1 fully saturated rings. The second-order valence-electron chi connectivity index (χ2n) is 6.61. The Kier molecular flexibility index (Phi) is 4.84. The maximum Gasteiger partial charge on any atom is 0.338 e. The number of rotatable bonds is 1. The third-order valence-electron chi connectivity index (χ3n) is 4.94. The van der Waals surface area contributed by atoms with Crippen LogP contribution in [0.15, 0.2) is 23.2 Å². The van der Waals surface area contributed by atoms with Gasteiger partial charge in [0.15, 0.2) is 5.96 Å². The topological polar surface area (TPSA) is 90.7 Å². The normalized spacial score (nSPS) is 24.8. The first-order valence-corrected chi connectivity index (χ1v) is 8.57. The van der Waals surface area contributed by atoms with Gasteiger partial charge in [-0.15, -0.1) is 0 Å².